The molecule has 0 aliphatic heterocycles. The van der Waals surface area contributed by atoms with Gasteiger partial charge in [0.05, 0.1) is 26.1 Å². The molecule has 1 amide bonds. The molecule has 0 unspecified atom stereocenters. The predicted molar refractivity (Wildman–Crippen MR) is 127 cm³/mol. The number of benzene rings is 2. The van der Waals surface area contributed by atoms with E-state index in [9.17, 15) is 9.59 Å². The fourth-order valence-corrected chi connectivity index (χ4v) is 3.14. The van der Waals surface area contributed by atoms with Gasteiger partial charge in [0.15, 0.2) is 0 Å². The third-order valence-corrected chi connectivity index (χ3v) is 4.55. The van der Waals surface area contributed by atoms with Crippen molar-refractivity contribution in [1.29, 1.82) is 0 Å². The topological polar surface area (TPSA) is 129 Å². The molecule has 0 atom stereocenters. The number of halogens is 1. The summed E-state index contributed by atoms with van der Waals surface area (Å²) in [4.78, 5) is 31.5. The monoisotopic (exact) mass is 476 g/mol. The Morgan fingerprint density at radius 1 is 1.09 bits per heavy atom. The molecule has 0 fully saturated rings. The van der Waals surface area contributed by atoms with E-state index in [2.05, 4.69) is 5.16 Å². The molecule has 2 aromatic carbocycles. The molecule has 4 N–H and O–H groups in total. The largest absolute Gasteiger partial charge is 0.493 e. The van der Waals surface area contributed by atoms with Crippen LogP contribution in [0.15, 0.2) is 53.7 Å². The number of nitrogens with zero attached hydrogens (tertiary/aromatic N) is 2. The summed E-state index contributed by atoms with van der Waals surface area (Å²) in [7, 11) is 0. The van der Waals surface area contributed by atoms with E-state index in [-0.39, 0.29) is 50.4 Å². The maximum Gasteiger partial charge on any atom is 0.307 e. The number of anilines is 1. The summed E-state index contributed by atoms with van der Waals surface area (Å²) in [5, 5.41) is 3.83. The van der Waals surface area contributed by atoms with Crippen molar-refractivity contribution in [2.45, 2.75) is 26.2 Å². The highest BCUT2D eigenvalue weighted by Crippen LogP contribution is 2.28. The highest BCUT2D eigenvalue weighted by molar-refractivity contribution is 6.31. The third kappa shape index (κ3) is 9.69. The van der Waals surface area contributed by atoms with Gasteiger partial charge in [-0.2, -0.15) is 0 Å². The van der Waals surface area contributed by atoms with Crippen LogP contribution in [-0.2, 0) is 25.6 Å². The van der Waals surface area contributed by atoms with Crippen molar-refractivity contribution in [2.75, 3.05) is 31.3 Å². The minimum Gasteiger partial charge on any atom is -0.493 e. The Labute approximate surface area is 198 Å². The highest BCUT2D eigenvalue weighted by atomic mass is 35.5. The minimum absolute atomic E-state index is 0.0548. The number of esters is 1. The van der Waals surface area contributed by atoms with E-state index in [1.165, 1.54) is 4.90 Å². The Kier molecular flexibility index (Phi) is 10.8. The maximum absolute atomic E-state index is 13.1. The Balaban J connectivity index is 2.12. The zero-order chi connectivity index (χ0) is 24.1. The zero-order valence-electron chi connectivity index (χ0n) is 18.5. The molecule has 2 aromatic rings. The first kappa shape index (κ1) is 25.8. The summed E-state index contributed by atoms with van der Waals surface area (Å²) in [6, 6.07) is 14.4. The number of oxime groups is 1. The average Bonchev–Trinajstić information content (AvgIpc) is 2.76. The van der Waals surface area contributed by atoms with E-state index in [0.29, 0.717) is 29.5 Å². The smallest absolute Gasteiger partial charge is 0.307 e. The lowest BCUT2D eigenvalue weighted by molar-refractivity contribution is -0.142. The summed E-state index contributed by atoms with van der Waals surface area (Å²) in [6.45, 7) is 2.75. The van der Waals surface area contributed by atoms with Crippen molar-refractivity contribution >= 4 is 35.1 Å². The fraction of sp³-hybridized carbons (Fsp3) is 0.348. The number of nitrogens with two attached hydrogens (primary N) is 2. The molecule has 0 bridgehead atoms. The number of hydrogen-bond donors (Lipinski definition) is 2. The zero-order valence-corrected chi connectivity index (χ0v) is 19.3. The van der Waals surface area contributed by atoms with Crippen molar-refractivity contribution < 1.29 is 23.9 Å². The van der Waals surface area contributed by atoms with E-state index >= 15 is 0 Å². The summed E-state index contributed by atoms with van der Waals surface area (Å²) in [5.74, 6) is -0.231. The molecule has 0 heterocycles. The standard InChI is InChI=1S/C23H29ClN4O5/c1-2-31-22(30)9-10-28(21(29)13-17-7-4-3-5-8-17)19-14-18(24)15-20(16-19)32-11-6-12-33-27-23(25)26/h3-5,7-8,14-16H,2,6,9-13H2,1H3,(H4,25,26,27). The van der Waals surface area contributed by atoms with Crippen LogP contribution < -0.4 is 21.1 Å². The first-order chi connectivity index (χ1) is 15.9. The van der Waals surface area contributed by atoms with Gasteiger partial charge in [0.1, 0.15) is 12.4 Å². The fourth-order valence-electron chi connectivity index (χ4n) is 2.92. The molecule has 0 aliphatic carbocycles. The molecule has 9 nitrogen and oxygen atoms in total. The number of carbonyl (C=O) groups excluding carboxylic acids is 2. The number of amides is 1. The predicted octanol–water partition coefficient (Wildman–Crippen LogP) is 2.84. The lowest BCUT2D eigenvalue weighted by atomic mass is 10.1. The second-order valence-electron chi connectivity index (χ2n) is 6.96. The Bertz CT molecular complexity index is 936. The van der Waals surface area contributed by atoms with Crippen molar-refractivity contribution in [3.05, 3.63) is 59.1 Å². The van der Waals surface area contributed by atoms with Crippen LogP contribution in [0.4, 0.5) is 5.69 Å². The number of hydrogen-bond acceptors (Lipinski definition) is 6. The van der Waals surface area contributed by atoms with Gasteiger partial charge in [-0.05, 0) is 29.8 Å². The first-order valence-corrected chi connectivity index (χ1v) is 10.9. The van der Waals surface area contributed by atoms with Crippen LogP contribution in [0.1, 0.15) is 25.3 Å². The van der Waals surface area contributed by atoms with Crippen LogP contribution in [0.5, 0.6) is 5.75 Å². The van der Waals surface area contributed by atoms with Crippen molar-refractivity contribution in [3.63, 3.8) is 0 Å². The molecule has 178 valence electrons. The van der Waals surface area contributed by atoms with Gasteiger partial charge in [0.2, 0.25) is 11.9 Å². The molecule has 0 spiro atoms. The van der Waals surface area contributed by atoms with Crippen molar-refractivity contribution in [3.8, 4) is 5.75 Å². The van der Waals surface area contributed by atoms with Gasteiger partial charge in [0.25, 0.3) is 0 Å². The number of guanidine groups is 1. The van der Waals surface area contributed by atoms with E-state index in [1.54, 1.807) is 25.1 Å². The lowest BCUT2D eigenvalue weighted by Gasteiger charge is -2.24. The molecule has 0 saturated carbocycles. The van der Waals surface area contributed by atoms with Crippen LogP contribution in [-0.4, -0.2) is 44.2 Å². The van der Waals surface area contributed by atoms with Gasteiger partial charge in [-0.1, -0.05) is 41.9 Å². The van der Waals surface area contributed by atoms with Gasteiger partial charge in [-0.15, -0.1) is 0 Å². The second-order valence-corrected chi connectivity index (χ2v) is 7.40. The molecule has 0 saturated heterocycles. The Hall–Kier alpha value is -3.46. The maximum atomic E-state index is 13.1. The van der Waals surface area contributed by atoms with Crippen LogP contribution in [0, 0.1) is 0 Å². The first-order valence-electron chi connectivity index (χ1n) is 10.5. The molecule has 10 heteroatoms. The Morgan fingerprint density at radius 3 is 2.55 bits per heavy atom. The Morgan fingerprint density at radius 2 is 1.85 bits per heavy atom. The molecule has 0 aliphatic rings. The normalized spacial score (nSPS) is 10.2. The van der Waals surface area contributed by atoms with Crippen LogP contribution >= 0.6 is 11.6 Å². The van der Waals surface area contributed by atoms with E-state index < -0.39 is 0 Å². The summed E-state index contributed by atoms with van der Waals surface area (Å²) in [6.07, 6.45) is 0.756. The van der Waals surface area contributed by atoms with Gasteiger partial charge in [-0.25, -0.2) is 0 Å². The highest BCUT2D eigenvalue weighted by Gasteiger charge is 2.19. The van der Waals surface area contributed by atoms with E-state index in [0.717, 1.165) is 5.56 Å². The van der Waals surface area contributed by atoms with Crippen LogP contribution in [0.2, 0.25) is 5.02 Å². The van der Waals surface area contributed by atoms with E-state index in [4.69, 9.17) is 37.4 Å². The van der Waals surface area contributed by atoms with Crippen LogP contribution in [0.3, 0.4) is 0 Å². The minimum atomic E-state index is -0.380. The quantitative estimate of drug-likeness (QED) is 0.149. The van der Waals surface area contributed by atoms with Crippen molar-refractivity contribution in [1.82, 2.24) is 0 Å². The SMILES string of the molecule is CCOC(=O)CCN(C(=O)Cc1ccccc1)c1cc(Cl)cc(OCCCON=C(N)N)c1. The van der Waals surface area contributed by atoms with Gasteiger partial charge < -0.3 is 30.7 Å². The molecule has 0 aromatic heterocycles. The molecule has 33 heavy (non-hydrogen) atoms. The molecular formula is C23H29ClN4O5. The number of rotatable bonds is 13. The summed E-state index contributed by atoms with van der Waals surface area (Å²) < 4.78 is 10.8. The van der Waals surface area contributed by atoms with Gasteiger partial charge in [0, 0.05) is 29.7 Å². The van der Waals surface area contributed by atoms with Gasteiger partial charge >= 0.3 is 5.97 Å². The summed E-state index contributed by atoms with van der Waals surface area (Å²) in [5.41, 5.74) is 11.8. The van der Waals surface area contributed by atoms with Crippen molar-refractivity contribution in [2.24, 2.45) is 16.6 Å². The molecule has 0 radical (unpaired) electrons. The van der Waals surface area contributed by atoms with Crippen LogP contribution in [0.25, 0.3) is 0 Å². The number of carbonyl (C=O) groups is 2. The summed E-state index contributed by atoms with van der Waals surface area (Å²) >= 11 is 6.29. The molecular weight excluding hydrogens is 448 g/mol. The lowest BCUT2D eigenvalue weighted by Crippen LogP contribution is -2.34. The van der Waals surface area contributed by atoms with Gasteiger partial charge in [-0.3, -0.25) is 9.59 Å². The average molecular weight is 477 g/mol. The third-order valence-electron chi connectivity index (χ3n) is 4.33. The van der Waals surface area contributed by atoms with E-state index in [1.807, 2.05) is 30.3 Å². The molecule has 2 rings (SSSR count). The second kappa shape index (κ2) is 13.8. The number of ether oxygens (including phenoxy) is 2.